The van der Waals surface area contributed by atoms with Crippen molar-refractivity contribution in [2.75, 3.05) is 12.0 Å². The molecule has 0 aromatic heterocycles. The number of halogens is 1. The van der Waals surface area contributed by atoms with Crippen molar-refractivity contribution >= 4 is 47.1 Å². The third-order valence-corrected chi connectivity index (χ3v) is 7.49. The number of fused-ring (bicyclic) bond motifs is 5. The van der Waals surface area contributed by atoms with Crippen LogP contribution >= 0.6 is 11.6 Å². The molecule has 184 valence electrons. The Kier molecular flexibility index (Phi) is 5.42. The summed E-state index contributed by atoms with van der Waals surface area (Å²) in [6.45, 7) is 0. The van der Waals surface area contributed by atoms with Gasteiger partial charge in [0.2, 0.25) is 11.8 Å². The molecule has 2 amide bonds. The molecular formula is C28H20ClN3O5. The summed E-state index contributed by atoms with van der Waals surface area (Å²) in [4.78, 5) is 55.4. The van der Waals surface area contributed by atoms with Gasteiger partial charge in [0.1, 0.15) is 6.04 Å². The molecule has 0 aliphatic carbocycles. The molecule has 9 heteroatoms. The fraction of sp³-hybridized carbons (Fsp3) is 0.179. The normalized spacial score (nSPS) is 23.5. The molecule has 0 saturated carbocycles. The zero-order valence-electron chi connectivity index (χ0n) is 19.6. The Morgan fingerprint density at radius 1 is 0.892 bits per heavy atom. The zero-order chi connectivity index (χ0) is 25.8. The Morgan fingerprint density at radius 3 is 2.32 bits per heavy atom. The van der Waals surface area contributed by atoms with Gasteiger partial charge in [0.25, 0.3) is 0 Å². The molecule has 3 aromatic rings. The van der Waals surface area contributed by atoms with Crippen LogP contribution in [0.1, 0.15) is 37.9 Å². The molecule has 3 aliphatic rings. The van der Waals surface area contributed by atoms with Crippen molar-refractivity contribution in [3.05, 3.63) is 100 Å². The lowest BCUT2D eigenvalue weighted by Gasteiger charge is -2.34. The maximum Gasteiger partial charge on any atom is 0.339 e. The molecular weight excluding hydrogens is 494 g/mol. The molecule has 0 bridgehead atoms. The maximum absolute atomic E-state index is 14.0. The third-order valence-electron chi connectivity index (χ3n) is 7.24. The molecule has 2 fully saturated rings. The highest BCUT2D eigenvalue weighted by Gasteiger charge is 2.65. The van der Waals surface area contributed by atoms with Crippen LogP contribution in [0.5, 0.6) is 0 Å². The van der Waals surface area contributed by atoms with Gasteiger partial charge in [-0.2, -0.15) is 5.10 Å². The number of esters is 1. The Morgan fingerprint density at radius 2 is 1.57 bits per heavy atom. The largest absolute Gasteiger partial charge is 0.465 e. The van der Waals surface area contributed by atoms with Crippen LogP contribution in [-0.2, 0) is 14.3 Å². The average Bonchev–Trinajstić information content (AvgIpc) is 3.40. The number of nitrogens with zero attached hydrogens (tertiary/aromatic N) is 3. The summed E-state index contributed by atoms with van der Waals surface area (Å²) >= 11 is 6.03. The van der Waals surface area contributed by atoms with Crippen LogP contribution in [0.2, 0.25) is 5.02 Å². The van der Waals surface area contributed by atoms with E-state index < -0.39 is 41.7 Å². The standard InChI is InChI=1S/C28H20ClN3O5/c1-37-28(36)19-8-4-5-9-20(19)31-26(34)21-22(27(31)35)24(25(33)15-10-12-17(29)13-11-15)32-23(21)18-7-3-2-6-16(18)14-30-32/h2-14,21-24H,1H3. The summed E-state index contributed by atoms with van der Waals surface area (Å²) in [6.07, 6.45) is 1.65. The fourth-order valence-electron chi connectivity index (χ4n) is 5.64. The summed E-state index contributed by atoms with van der Waals surface area (Å²) in [5.41, 5.74) is 2.21. The van der Waals surface area contributed by atoms with Crippen LogP contribution in [0, 0.1) is 11.8 Å². The predicted molar refractivity (Wildman–Crippen MR) is 135 cm³/mol. The highest BCUT2D eigenvalue weighted by atomic mass is 35.5. The van der Waals surface area contributed by atoms with Crippen LogP contribution < -0.4 is 4.90 Å². The highest BCUT2D eigenvalue weighted by Crippen LogP contribution is 2.53. The van der Waals surface area contributed by atoms with Crippen molar-refractivity contribution in [1.82, 2.24) is 5.01 Å². The molecule has 2 saturated heterocycles. The molecule has 3 heterocycles. The quantitative estimate of drug-likeness (QED) is 0.298. The average molecular weight is 514 g/mol. The molecule has 0 radical (unpaired) electrons. The van der Waals surface area contributed by atoms with Crippen molar-refractivity contribution in [3.8, 4) is 0 Å². The third kappa shape index (κ3) is 3.40. The number of imide groups is 1. The van der Waals surface area contributed by atoms with E-state index in [9.17, 15) is 19.2 Å². The van der Waals surface area contributed by atoms with Crippen molar-refractivity contribution in [1.29, 1.82) is 0 Å². The Labute approximate surface area is 217 Å². The van der Waals surface area contributed by atoms with E-state index in [2.05, 4.69) is 5.10 Å². The number of carbonyl (C=O) groups excluding carboxylic acids is 4. The van der Waals surface area contributed by atoms with Gasteiger partial charge in [0.15, 0.2) is 5.78 Å². The minimum absolute atomic E-state index is 0.0890. The number of amides is 2. The number of methoxy groups -OCH3 is 1. The number of benzene rings is 3. The second-order valence-corrected chi connectivity index (χ2v) is 9.52. The molecule has 8 nitrogen and oxygen atoms in total. The second-order valence-electron chi connectivity index (χ2n) is 9.09. The topological polar surface area (TPSA) is 96.3 Å². The number of rotatable bonds is 4. The lowest BCUT2D eigenvalue weighted by molar-refractivity contribution is -0.124. The molecule has 6 rings (SSSR count). The first-order chi connectivity index (χ1) is 17.9. The Bertz CT molecular complexity index is 1500. The molecule has 3 aliphatic heterocycles. The summed E-state index contributed by atoms with van der Waals surface area (Å²) in [5.74, 6) is -3.93. The second kappa shape index (κ2) is 8.67. The minimum Gasteiger partial charge on any atom is -0.465 e. The first-order valence-corrected chi connectivity index (χ1v) is 12.1. The van der Waals surface area contributed by atoms with Gasteiger partial charge in [-0.25, -0.2) is 9.69 Å². The number of anilines is 1. The highest BCUT2D eigenvalue weighted by molar-refractivity contribution is 6.30. The number of Topliss-reactive ketones (excluding diaryl/α,β-unsaturated/α-hetero) is 1. The zero-order valence-corrected chi connectivity index (χ0v) is 20.3. The SMILES string of the molecule is COC(=O)c1ccccc1N1C(=O)C2C(C1=O)C1c3ccccc3C=NN1C2C(=O)c1ccc(Cl)cc1. The van der Waals surface area contributed by atoms with Crippen LogP contribution in [0.25, 0.3) is 0 Å². The van der Waals surface area contributed by atoms with E-state index in [1.54, 1.807) is 47.6 Å². The van der Waals surface area contributed by atoms with Crippen molar-refractivity contribution < 1.29 is 23.9 Å². The summed E-state index contributed by atoms with van der Waals surface area (Å²) in [7, 11) is 1.23. The van der Waals surface area contributed by atoms with Gasteiger partial charge in [-0.05, 0) is 47.5 Å². The number of carbonyl (C=O) groups is 4. The minimum atomic E-state index is -1.02. The van der Waals surface area contributed by atoms with Crippen LogP contribution in [0.3, 0.4) is 0 Å². The number of hydrazone groups is 1. The fourth-order valence-corrected chi connectivity index (χ4v) is 5.77. The van der Waals surface area contributed by atoms with Gasteiger partial charge in [0, 0.05) is 10.6 Å². The van der Waals surface area contributed by atoms with E-state index in [0.717, 1.165) is 16.0 Å². The first-order valence-electron chi connectivity index (χ1n) is 11.7. The Hall–Kier alpha value is -4.30. The van der Waals surface area contributed by atoms with Gasteiger partial charge >= 0.3 is 5.97 Å². The number of ketones is 1. The summed E-state index contributed by atoms with van der Waals surface area (Å²) in [6, 6.07) is 18.5. The van der Waals surface area contributed by atoms with Gasteiger partial charge in [0.05, 0.1) is 42.5 Å². The van der Waals surface area contributed by atoms with E-state index in [1.807, 2.05) is 24.3 Å². The lowest BCUT2D eigenvalue weighted by Crippen LogP contribution is -2.45. The van der Waals surface area contributed by atoms with Gasteiger partial charge in [-0.1, -0.05) is 48.0 Å². The van der Waals surface area contributed by atoms with Crippen molar-refractivity contribution in [2.45, 2.75) is 12.1 Å². The van der Waals surface area contributed by atoms with Crippen LogP contribution in [0.4, 0.5) is 5.69 Å². The smallest absolute Gasteiger partial charge is 0.339 e. The van der Waals surface area contributed by atoms with Gasteiger partial charge < -0.3 is 4.74 Å². The Balaban J connectivity index is 1.50. The predicted octanol–water partition coefficient (Wildman–Crippen LogP) is 3.89. The molecule has 4 atom stereocenters. The van der Waals surface area contributed by atoms with Crippen molar-refractivity contribution in [3.63, 3.8) is 0 Å². The number of hydrogen-bond donors (Lipinski definition) is 0. The van der Waals surface area contributed by atoms with E-state index in [-0.39, 0.29) is 17.0 Å². The van der Waals surface area contributed by atoms with Gasteiger partial charge in [-0.15, -0.1) is 0 Å². The summed E-state index contributed by atoms with van der Waals surface area (Å²) < 4.78 is 4.88. The molecule has 0 spiro atoms. The van der Waals surface area contributed by atoms with Crippen LogP contribution in [0.15, 0.2) is 77.9 Å². The molecule has 37 heavy (non-hydrogen) atoms. The van der Waals surface area contributed by atoms with E-state index in [1.165, 1.54) is 19.2 Å². The molecule has 0 N–H and O–H groups in total. The monoisotopic (exact) mass is 513 g/mol. The number of para-hydroxylation sites is 1. The van der Waals surface area contributed by atoms with E-state index in [0.29, 0.717) is 10.6 Å². The molecule has 3 aromatic carbocycles. The number of hydrogen-bond acceptors (Lipinski definition) is 7. The van der Waals surface area contributed by atoms with E-state index in [4.69, 9.17) is 16.3 Å². The summed E-state index contributed by atoms with van der Waals surface area (Å²) in [5, 5.41) is 6.62. The van der Waals surface area contributed by atoms with Crippen LogP contribution in [-0.4, -0.2) is 47.9 Å². The van der Waals surface area contributed by atoms with E-state index >= 15 is 0 Å². The molecule has 4 unspecified atom stereocenters. The van der Waals surface area contributed by atoms with Crippen molar-refractivity contribution in [2.24, 2.45) is 16.9 Å². The van der Waals surface area contributed by atoms with Gasteiger partial charge in [-0.3, -0.25) is 19.4 Å². The maximum atomic E-state index is 14.0. The first kappa shape index (κ1) is 23.1. The lowest BCUT2D eigenvalue weighted by atomic mass is 9.83. The number of ether oxygens (including phenoxy) is 1.